The van der Waals surface area contributed by atoms with Gasteiger partial charge in [0.1, 0.15) is 0 Å². The Labute approximate surface area is 61.5 Å². The van der Waals surface area contributed by atoms with E-state index in [4.69, 9.17) is 5.73 Å². The van der Waals surface area contributed by atoms with Crippen LogP contribution in [0.15, 0.2) is 0 Å². The van der Waals surface area contributed by atoms with Crippen molar-refractivity contribution in [2.24, 2.45) is 5.73 Å². The highest BCUT2D eigenvalue weighted by molar-refractivity contribution is 7.92. The summed E-state index contributed by atoms with van der Waals surface area (Å²) in [6, 6.07) is -0.124. The topological polar surface area (TPSA) is 60.2 Å². The van der Waals surface area contributed by atoms with Crippen LogP contribution >= 0.6 is 0 Å². The third-order valence-electron chi connectivity index (χ3n) is 2.00. The standard InChI is InChI=1S/C6H13NO2S/c1-5-2-3-6(7)4-10(5,8)9/h5-6H,2-4,7H2,1H3/t5-,6+/m1/s1. The van der Waals surface area contributed by atoms with Gasteiger partial charge >= 0.3 is 0 Å². The van der Waals surface area contributed by atoms with Crippen LogP contribution in [-0.4, -0.2) is 25.5 Å². The number of hydrogen-bond donors (Lipinski definition) is 1. The van der Waals surface area contributed by atoms with Crippen LogP contribution in [-0.2, 0) is 9.84 Å². The third kappa shape index (κ3) is 1.49. The van der Waals surface area contributed by atoms with Crippen molar-refractivity contribution >= 4 is 9.84 Å². The predicted molar refractivity (Wildman–Crippen MR) is 40.5 cm³/mol. The highest BCUT2D eigenvalue weighted by atomic mass is 32.2. The molecule has 0 aromatic rings. The third-order valence-corrected chi connectivity index (χ3v) is 4.36. The van der Waals surface area contributed by atoms with E-state index in [9.17, 15) is 8.42 Å². The van der Waals surface area contributed by atoms with Crippen molar-refractivity contribution in [3.8, 4) is 0 Å². The van der Waals surface area contributed by atoms with Crippen LogP contribution in [0.3, 0.4) is 0 Å². The second-order valence-electron chi connectivity index (χ2n) is 2.98. The molecule has 0 radical (unpaired) electrons. The lowest BCUT2D eigenvalue weighted by atomic mass is 10.1. The molecule has 0 bridgehead atoms. The van der Waals surface area contributed by atoms with Crippen molar-refractivity contribution in [1.29, 1.82) is 0 Å². The van der Waals surface area contributed by atoms with Crippen molar-refractivity contribution in [3.05, 3.63) is 0 Å². The fraction of sp³-hybridized carbons (Fsp3) is 1.00. The van der Waals surface area contributed by atoms with E-state index in [1.54, 1.807) is 6.92 Å². The maximum atomic E-state index is 11.1. The van der Waals surface area contributed by atoms with Gasteiger partial charge in [0.25, 0.3) is 0 Å². The van der Waals surface area contributed by atoms with Crippen molar-refractivity contribution in [3.63, 3.8) is 0 Å². The van der Waals surface area contributed by atoms with Crippen LogP contribution in [0.2, 0.25) is 0 Å². The largest absolute Gasteiger partial charge is 0.327 e. The molecule has 0 aromatic heterocycles. The van der Waals surface area contributed by atoms with Gasteiger partial charge in [0.2, 0.25) is 0 Å². The summed E-state index contributed by atoms with van der Waals surface area (Å²) in [5.74, 6) is 0.175. The average Bonchev–Trinajstić information content (AvgIpc) is 1.78. The van der Waals surface area contributed by atoms with Crippen LogP contribution in [0.25, 0.3) is 0 Å². The molecular weight excluding hydrogens is 150 g/mol. The maximum absolute atomic E-state index is 11.1. The first-order valence-corrected chi connectivity index (χ1v) is 5.21. The van der Waals surface area contributed by atoms with Crippen LogP contribution in [0.4, 0.5) is 0 Å². The molecule has 0 aromatic carbocycles. The van der Waals surface area contributed by atoms with E-state index in [0.29, 0.717) is 0 Å². The minimum absolute atomic E-state index is 0.124. The molecule has 1 rings (SSSR count). The Kier molecular flexibility index (Phi) is 2.01. The van der Waals surface area contributed by atoms with Gasteiger partial charge in [-0.15, -0.1) is 0 Å². The lowest BCUT2D eigenvalue weighted by Crippen LogP contribution is -2.39. The van der Waals surface area contributed by atoms with Crippen LogP contribution in [0, 0.1) is 0 Å². The maximum Gasteiger partial charge on any atom is 0.154 e. The summed E-state index contributed by atoms with van der Waals surface area (Å²) in [6.07, 6.45) is 1.57. The molecule has 1 aliphatic heterocycles. The molecule has 2 N–H and O–H groups in total. The van der Waals surface area contributed by atoms with E-state index in [1.807, 2.05) is 0 Å². The van der Waals surface area contributed by atoms with Gasteiger partial charge in [-0.05, 0) is 19.8 Å². The molecule has 4 heteroatoms. The van der Waals surface area contributed by atoms with E-state index < -0.39 is 9.84 Å². The number of sulfone groups is 1. The highest BCUT2D eigenvalue weighted by Crippen LogP contribution is 2.17. The van der Waals surface area contributed by atoms with Gasteiger partial charge in [-0.1, -0.05) is 0 Å². The monoisotopic (exact) mass is 163 g/mol. The number of nitrogens with two attached hydrogens (primary N) is 1. The number of hydrogen-bond acceptors (Lipinski definition) is 3. The zero-order valence-corrected chi connectivity index (χ0v) is 6.89. The lowest BCUT2D eigenvalue weighted by molar-refractivity contribution is 0.522. The number of rotatable bonds is 0. The minimum Gasteiger partial charge on any atom is -0.327 e. The van der Waals surface area contributed by atoms with Gasteiger partial charge in [0.05, 0.1) is 11.0 Å². The van der Waals surface area contributed by atoms with Crippen molar-refractivity contribution < 1.29 is 8.42 Å². The van der Waals surface area contributed by atoms with Crippen molar-refractivity contribution in [2.75, 3.05) is 5.75 Å². The Morgan fingerprint density at radius 3 is 2.40 bits per heavy atom. The fourth-order valence-corrected chi connectivity index (χ4v) is 2.76. The summed E-state index contributed by atoms with van der Waals surface area (Å²) in [5.41, 5.74) is 5.49. The Bertz CT molecular complexity index is 210. The molecular formula is C6H13NO2S. The lowest BCUT2D eigenvalue weighted by Gasteiger charge is -2.23. The van der Waals surface area contributed by atoms with E-state index in [1.165, 1.54) is 0 Å². The molecule has 1 aliphatic rings. The summed E-state index contributed by atoms with van der Waals surface area (Å²) in [6.45, 7) is 1.75. The van der Waals surface area contributed by atoms with Crippen LogP contribution in [0.5, 0.6) is 0 Å². The van der Waals surface area contributed by atoms with E-state index in [2.05, 4.69) is 0 Å². The molecule has 1 fully saturated rings. The summed E-state index contributed by atoms with van der Waals surface area (Å²) in [4.78, 5) is 0. The summed E-state index contributed by atoms with van der Waals surface area (Å²) < 4.78 is 22.2. The molecule has 10 heavy (non-hydrogen) atoms. The van der Waals surface area contributed by atoms with E-state index in [0.717, 1.165) is 12.8 Å². The van der Waals surface area contributed by atoms with Gasteiger partial charge in [-0.25, -0.2) is 8.42 Å². The highest BCUT2D eigenvalue weighted by Gasteiger charge is 2.28. The van der Waals surface area contributed by atoms with Gasteiger partial charge in [0.15, 0.2) is 9.84 Å². The molecule has 1 saturated heterocycles. The molecule has 0 spiro atoms. The van der Waals surface area contributed by atoms with E-state index >= 15 is 0 Å². The van der Waals surface area contributed by atoms with Gasteiger partial charge in [-0.2, -0.15) is 0 Å². The average molecular weight is 163 g/mol. The van der Waals surface area contributed by atoms with Gasteiger partial charge in [0, 0.05) is 6.04 Å². The first kappa shape index (κ1) is 8.01. The first-order valence-electron chi connectivity index (χ1n) is 3.49. The predicted octanol–water partition coefficient (Wildman–Crippen LogP) is -0.0892. The minimum atomic E-state index is -2.84. The molecule has 3 nitrogen and oxygen atoms in total. The smallest absolute Gasteiger partial charge is 0.154 e. The fourth-order valence-electron chi connectivity index (χ4n) is 1.17. The van der Waals surface area contributed by atoms with Gasteiger partial charge in [-0.3, -0.25) is 0 Å². The Hall–Kier alpha value is -0.0900. The molecule has 1 heterocycles. The SMILES string of the molecule is C[C@@H]1CC[C@H](N)CS1(=O)=O. The zero-order chi connectivity index (χ0) is 7.78. The second-order valence-corrected chi connectivity index (χ2v) is 5.44. The van der Waals surface area contributed by atoms with E-state index in [-0.39, 0.29) is 17.0 Å². The molecule has 0 unspecified atom stereocenters. The molecule has 60 valence electrons. The molecule has 0 saturated carbocycles. The van der Waals surface area contributed by atoms with Crippen molar-refractivity contribution in [1.82, 2.24) is 0 Å². The summed E-state index contributed by atoms with van der Waals surface area (Å²) >= 11 is 0. The summed E-state index contributed by atoms with van der Waals surface area (Å²) in [5, 5.41) is -0.174. The quantitative estimate of drug-likeness (QED) is 0.543. The zero-order valence-electron chi connectivity index (χ0n) is 6.08. The molecule has 0 amide bonds. The first-order chi connectivity index (χ1) is 4.52. The molecule has 0 aliphatic carbocycles. The second kappa shape index (κ2) is 2.51. The van der Waals surface area contributed by atoms with Crippen molar-refractivity contribution in [2.45, 2.75) is 31.1 Å². The van der Waals surface area contributed by atoms with Crippen LogP contribution < -0.4 is 5.73 Å². The Balaban J connectivity index is 2.74. The Morgan fingerprint density at radius 2 is 2.00 bits per heavy atom. The van der Waals surface area contributed by atoms with Gasteiger partial charge < -0.3 is 5.73 Å². The summed E-state index contributed by atoms with van der Waals surface area (Å²) in [7, 11) is -2.84. The van der Waals surface area contributed by atoms with Crippen LogP contribution in [0.1, 0.15) is 19.8 Å². The normalized spacial score (nSPS) is 39.4. The Morgan fingerprint density at radius 1 is 1.40 bits per heavy atom. The molecule has 2 atom stereocenters.